The highest BCUT2D eigenvalue weighted by molar-refractivity contribution is 5.91. The Kier molecular flexibility index (Phi) is 5.05. The number of carbonyl (C=O) groups is 2. The Morgan fingerprint density at radius 1 is 0.955 bits per heavy atom. The standard InChI is InChI=1S/C14H16F3NO4/c1-6-7(2)10(16)11(17)8(9(6)15)12(19)22-18-13(20)21-14(3,4)5/h1-5H3,(H,18,20). The SMILES string of the molecule is Cc1c(C)c(F)c(C(=O)ONC(=O)OC(C)(C)C)c(F)c1F. The zero-order chi connectivity index (χ0) is 17.2. The number of amides is 1. The van der Waals surface area contributed by atoms with Crippen molar-refractivity contribution in [3.05, 3.63) is 34.1 Å². The van der Waals surface area contributed by atoms with E-state index in [9.17, 15) is 22.8 Å². The van der Waals surface area contributed by atoms with Crippen molar-refractivity contribution in [2.24, 2.45) is 0 Å². The second-order valence-corrected chi connectivity index (χ2v) is 5.56. The summed E-state index contributed by atoms with van der Waals surface area (Å²) in [4.78, 5) is 27.2. The van der Waals surface area contributed by atoms with Gasteiger partial charge in [0.2, 0.25) is 0 Å². The Hall–Kier alpha value is -2.25. The summed E-state index contributed by atoms with van der Waals surface area (Å²) in [6.07, 6.45) is -1.13. The molecule has 0 unspecified atom stereocenters. The topological polar surface area (TPSA) is 64.6 Å². The number of halogens is 3. The van der Waals surface area contributed by atoms with Crippen LogP contribution in [0.1, 0.15) is 42.3 Å². The van der Waals surface area contributed by atoms with Crippen molar-refractivity contribution in [3.63, 3.8) is 0 Å². The predicted octanol–water partition coefficient (Wildman–Crippen LogP) is 3.32. The first-order valence-electron chi connectivity index (χ1n) is 6.29. The van der Waals surface area contributed by atoms with Crippen LogP contribution in [0.3, 0.4) is 0 Å². The van der Waals surface area contributed by atoms with Crippen LogP contribution in [0.15, 0.2) is 0 Å². The summed E-state index contributed by atoms with van der Waals surface area (Å²) < 4.78 is 45.9. The van der Waals surface area contributed by atoms with E-state index in [1.807, 2.05) is 0 Å². The number of nitrogens with one attached hydrogen (secondary N) is 1. The van der Waals surface area contributed by atoms with Gasteiger partial charge in [-0.05, 0) is 45.7 Å². The minimum absolute atomic E-state index is 0.233. The average molecular weight is 319 g/mol. The highest BCUT2D eigenvalue weighted by Gasteiger charge is 2.28. The minimum atomic E-state index is -1.68. The largest absolute Gasteiger partial charge is 0.442 e. The third kappa shape index (κ3) is 3.90. The third-order valence-corrected chi connectivity index (χ3v) is 2.68. The summed E-state index contributed by atoms with van der Waals surface area (Å²) in [5.41, 5.74) is -0.999. The first-order valence-corrected chi connectivity index (χ1v) is 6.29. The molecule has 0 fully saturated rings. The molecule has 122 valence electrons. The summed E-state index contributed by atoms with van der Waals surface area (Å²) >= 11 is 0. The smallest absolute Gasteiger partial charge is 0.441 e. The quantitative estimate of drug-likeness (QED) is 0.637. The van der Waals surface area contributed by atoms with Crippen LogP contribution in [0.2, 0.25) is 0 Å². The number of hydrogen-bond acceptors (Lipinski definition) is 4. The van der Waals surface area contributed by atoms with Gasteiger partial charge in [0.1, 0.15) is 17.0 Å². The molecule has 1 aromatic rings. The van der Waals surface area contributed by atoms with Crippen molar-refractivity contribution < 1.29 is 32.3 Å². The Morgan fingerprint density at radius 3 is 1.95 bits per heavy atom. The number of hydrogen-bond donors (Lipinski definition) is 1. The molecule has 0 aromatic heterocycles. The molecule has 1 aromatic carbocycles. The summed E-state index contributed by atoms with van der Waals surface area (Å²) in [5, 5.41) is 0. The summed E-state index contributed by atoms with van der Waals surface area (Å²) in [7, 11) is 0. The molecule has 1 N–H and O–H groups in total. The van der Waals surface area contributed by atoms with Crippen LogP contribution in [0.5, 0.6) is 0 Å². The maximum atomic E-state index is 13.9. The average Bonchev–Trinajstić information content (AvgIpc) is 2.39. The maximum absolute atomic E-state index is 13.9. The third-order valence-electron chi connectivity index (χ3n) is 2.68. The van der Waals surface area contributed by atoms with E-state index < -0.39 is 40.7 Å². The van der Waals surface area contributed by atoms with Crippen molar-refractivity contribution in [1.82, 2.24) is 5.48 Å². The van der Waals surface area contributed by atoms with Gasteiger partial charge in [-0.3, -0.25) is 0 Å². The van der Waals surface area contributed by atoms with E-state index in [-0.39, 0.29) is 11.1 Å². The fourth-order valence-corrected chi connectivity index (χ4v) is 1.50. The van der Waals surface area contributed by atoms with E-state index in [1.54, 1.807) is 26.3 Å². The van der Waals surface area contributed by atoms with Crippen LogP contribution in [-0.4, -0.2) is 17.7 Å². The van der Waals surface area contributed by atoms with Crippen molar-refractivity contribution >= 4 is 12.1 Å². The number of rotatable bonds is 1. The summed E-state index contributed by atoms with van der Waals surface area (Å²) in [5.74, 6) is -5.88. The number of carbonyl (C=O) groups excluding carboxylic acids is 2. The van der Waals surface area contributed by atoms with Crippen molar-refractivity contribution in [1.29, 1.82) is 0 Å². The fraction of sp³-hybridized carbons (Fsp3) is 0.429. The number of ether oxygens (including phenoxy) is 1. The first-order chi connectivity index (χ1) is 9.95. The molecule has 0 aliphatic rings. The van der Waals surface area contributed by atoms with E-state index >= 15 is 0 Å². The minimum Gasteiger partial charge on any atom is -0.442 e. The van der Waals surface area contributed by atoms with Crippen LogP contribution in [0.25, 0.3) is 0 Å². The lowest BCUT2D eigenvalue weighted by molar-refractivity contribution is -0.00198. The van der Waals surface area contributed by atoms with E-state index in [2.05, 4.69) is 4.84 Å². The Morgan fingerprint density at radius 2 is 1.45 bits per heavy atom. The van der Waals surface area contributed by atoms with Gasteiger partial charge in [-0.25, -0.2) is 22.8 Å². The maximum Gasteiger partial charge on any atom is 0.441 e. The zero-order valence-electron chi connectivity index (χ0n) is 12.8. The normalized spacial score (nSPS) is 11.1. The highest BCUT2D eigenvalue weighted by Crippen LogP contribution is 2.24. The molecule has 1 amide bonds. The second-order valence-electron chi connectivity index (χ2n) is 5.56. The van der Waals surface area contributed by atoms with E-state index in [4.69, 9.17) is 4.74 Å². The molecule has 8 heteroatoms. The molecule has 0 heterocycles. The highest BCUT2D eigenvalue weighted by atomic mass is 19.2. The number of hydroxylamine groups is 1. The molecule has 0 aliphatic heterocycles. The second kappa shape index (κ2) is 6.25. The summed E-state index contributed by atoms with van der Waals surface area (Å²) in [6.45, 7) is 7.04. The van der Waals surface area contributed by atoms with E-state index in [0.717, 1.165) is 0 Å². The Balaban J connectivity index is 2.94. The number of benzene rings is 1. The molecular weight excluding hydrogens is 303 g/mol. The van der Waals surface area contributed by atoms with Gasteiger partial charge in [-0.2, -0.15) is 0 Å². The first kappa shape index (κ1) is 17.8. The van der Waals surface area contributed by atoms with Crippen LogP contribution >= 0.6 is 0 Å². The van der Waals surface area contributed by atoms with Gasteiger partial charge in [0.05, 0.1) is 0 Å². The molecular formula is C14H16F3NO4. The van der Waals surface area contributed by atoms with Gasteiger partial charge < -0.3 is 9.57 Å². The van der Waals surface area contributed by atoms with Gasteiger partial charge in [0, 0.05) is 0 Å². The van der Waals surface area contributed by atoms with Gasteiger partial charge in [0.25, 0.3) is 0 Å². The van der Waals surface area contributed by atoms with Gasteiger partial charge in [-0.1, -0.05) is 0 Å². The molecule has 0 spiro atoms. The molecule has 5 nitrogen and oxygen atoms in total. The summed E-state index contributed by atoms with van der Waals surface area (Å²) in [6, 6.07) is 0. The monoisotopic (exact) mass is 319 g/mol. The zero-order valence-corrected chi connectivity index (χ0v) is 12.8. The lowest BCUT2D eigenvalue weighted by atomic mass is 10.0. The van der Waals surface area contributed by atoms with Gasteiger partial charge in [-0.15, -0.1) is 5.48 Å². The lowest BCUT2D eigenvalue weighted by Gasteiger charge is -2.19. The molecule has 0 atom stereocenters. The van der Waals surface area contributed by atoms with Crippen molar-refractivity contribution in [2.45, 2.75) is 40.2 Å². The molecule has 0 bridgehead atoms. The molecule has 1 rings (SSSR count). The van der Waals surface area contributed by atoms with Gasteiger partial charge >= 0.3 is 12.1 Å². The Bertz CT molecular complexity index is 594. The van der Waals surface area contributed by atoms with E-state index in [0.29, 0.717) is 0 Å². The van der Waals surface area contributed by atoms with Crippen molar-refractivity contribution in [3.8, 4) is 0 Å². The molecule has 0 saturated heterocycles. The lowest BCUT2D eigenvalue weighted by Crippen LogP contribution is -2.34. The predicted molar refractivity (Wildman–Crippen MR) is 70.6 cm³/mol. The molecule has 0 radical (unpaired) electrons. The van der Waals surface area contributed by atoms with Gasteiger partial charge in [0.15, 0.2) is 11.6 Å². The van der Waals surface area contributed by atoms with Crippen LogP contribution < -0.4 is 5.48 Å². The van der Waals surface area contributed by atoms with E-state index in [1.165, 1.54) is 13.8 Å². The van der Waals surface area contributed by atoms with Crippen LogP contribution in [0, 0.1) is 31.3 Å². The molecule has 22 heavy (non-hydrogen) atoms. The van der Waals surface area contributed by atoms with Crippen LogP contribution in [0.4, 0.5) is 18.0 Å². The fourth-order valence-electron chi connectivity index (χ4n) is 1.50. The molecule has 0 aliphatic carbocycles. The van der Waals surface area contributed by atoms with Crippen LogP contribution in [-0.2, 0) is 9.57 Å². The van der Waals surface area contributed by atoms with Crippen molar-refractivity contribution in [2.75, 3.05) is 0 Å². The Labute approximate surface area is 125 Å². The molecule has 0 saturated carbocycles.